The maximum absolute atomic E-state index is 11.7. The minimum atomic E-state index is 0.000197. The van der Waals surface area contributed by atoms with Crippen LogP contribution in [-0.4, -0.2) is 11.4 Å². The Balaban J connectivity index is 1.84. The first-order chi connectivity index (χ1) is 9.88. The van der Waals surface area contributed by atoms with Crippen molar-refractivity contribution in [3.8, 4) is 0 Å². The van der Waals surface area contributed by atoms with E-state index in [0.717, 1.165) is 24.9 Å². The number of nitrogens with two attached hydrogens (primary N) is 1. The smallest absolute Gasteiger partial charge is 0.217 e. The van der Waals surface area contributed by atoms with Gasteiger partial charge in [0.25, 0.3) is 0 Å². The average molecular weight is 284 g/mol. The summed E-state index contributed by atoms with van der Waals surface area (Å²) in [5.41, 5.74) is 10.2. The molecule has 4 aliphatic carbocycles. The molecule has 2 fully saturated rings. The van der Waals surface area contributed by atoms with Crippen molar-refractivity contribution in [2.75, 3.05) is 5.73 Å². The fraction of sp³-hybridized carbons (Fsp3) is 0.611. The van der Waals surface area contributed by atoms with Gasteiger partial charge in [0, 0.05) is 18.2 Å². The van der Waals surface area contributed by atoms with Gasteiger partial charge in [0.15, 0.2) is 0 Å². The van der Waals surface area contributed by atoms with Crippen molar-refractivity contribution in [1.29, 1.82) is 0 Å². The van der Waals surface area contributed by atoms with Crippen LogP contribution in [0.5, 0.6) is 0 Å². The van der Waals surface area contributed by atoms with Gasteiger partial charge in [-0.1, -0.05) is 13.0 Å². The van der Waals surface area contributed by atoms with Gasteiger partial charge in [-0.15, -0.1) is 0 Å². The Morgan fingerprint density at radius 2 is 1.86 bits per heavy atom. The number of carbonyl (C=O) groups excluding carboxylic acids is 1. The molecular weight excluding hydrogens is 260 g/mol. The predicted octanol–water partition coefficient (Wildman–Crippen LogP) is 3.31. The molecule has 4 atom stereocenters. The van der Waals surface area contributed by atoms with E-state index in [0.29, 0.717) is 17.3 Å². The second-order valence-electron chi connectivity index (χ2n) is 8.05. The van der Waals surface area contributed by atoms with E-state index in [1.54, 1.807) is 6.92 Å². The van der Waals surface area contributed by atoms with Crippen molar-refractivity contribution < 1.29 is 4.79 Å². The molecule has 112 valence electrons. The summed E-state index contributed by atoms with van der Waals surface area (Å²) in [5, 5.41) is 3.33. The molecule has 1 aromatic rings. The van der Waals surface area contributed by atoms with Crippen molar-refractivity contribution in [2.24, 2.45) is 5.41 Å². The maximum Gasteiger partial charge on any atom is 0.217 e. The van der Waals surface area contributed by atoms with Gasteiger partial charge < -0.3 is 11.1 Å². The SMILES string of the molecule is CC(=O)NC12CC3CC(C)(CC(C1)c1cc(N)ccc13)C2. The van der Waals surface area contributed by atoms with Gasteiger partial charge in [-0.2, -0.15) is 0 Å². The van der Waals surface area contributed by atoms with E-state index in [1.807, 2.05) is 6.07 Å². The minimum absolute atomic E-state index is 0.000197. The van der Waals surface area contributed by atoms with Gasteiger partial charge in [0.2, 0.25) is 5.91 Å². The van der Waals surface area contributed by atoms with Gasteiger partial charge in [0.05, 0.1) is 0 Å². The third-order valence-electron chi connectivity index (χ3n) is 5.95. The fourth-order valence-electron chi connectivity index (χ4n) is 5.83. The van der Waals surface area contributed by atoms with Crippen molar-refractivity contribution in [2.45, 2.75) is 63.3 Å². The van der Waals surface area contributed by atoms with Gasteiger partial charge in [-0.3, -0.25) is 4.79 Å². The molecule has 2 saturated carbocycles. The second-order valence-corrected chi connectivity index (χ2v) is 8.05. The highest BCUT2D eigenvalue weighted by Crippen LogP contribution is 2.62. The first-order valence-corrected chi connectivity index (χ1v) is 8.06. The molecule has 0 aliphatic heterocycles. The minimum Gasteiger partial charge on any atom is -0.399 e. The molecule has 4 aliphatic rings. The van der Waals surface area contributed by atoms with Crippen LogP contribution in [0.3, 0.4) is 0 Å². The van der Waals surface area contributed by atoms with E-state index in [-0.39, 0.29) is 11.4 Å². The molecule has 1 aromatic carbocycles. The topological polar surface area (TPSA) is 55.1 Å². The Morgan fingerprint density at radius 3 is 2.52 bits per heavy atom. The van der Waals surface area contributed by atoms with Crippen LogP contribution in [0.2, 0.25) is 0 Å². The molecule has 5 rings (SSSR count). The standard InChI is InChI=1S/C18H24N2O/c1-11(21)20-18-8-12-6-17(2,10-18)7-13(9-18)16-5-14(19)3-4-15(12)16/h3-5,12-13H,6-10,19H2,1-2H3,(H,20,21). The number of carbonyl (C=O) groups is 1. The van der Waals surface area contributed by atoms with Crippen LogP contribution in [-0.2, 0) is 4.79 Å². The molecule has 0 spiro atoms. The quantitative estimate of drug-likeness (QED) is 0.777. The summed E-state index contributed by atoms with van der Waals surface area (Å²) in [5.74, 6) is 1.23. The molecule has 21 heavy (non-hydrogen) atoms. The van der Waals surface area contributed by atoms with Crippen LogP contribution in [0.1, 0.15) is 68.9 Å². The molecule has 0 radical (unpaired) electrons. The molecule has 0 saturated heterocycles. The van der Waals surface area contributed by atoms with Gasteiger partial charge in [-0.25, -0.2) is 0 Å². The lowest BCUT2D eigenvalue weighted by molar-refractivity contribution is -0.123. The van der Waals surface area contributed by atoms with Crippen LogP contribution in [0.4, 0.5) is 5.69 Å². The number of anilines is 1. The van der Waals surface area contributed by atoms with Crippen molar-refractivity contribution in [3.63, 3.8) is 0 Å². The molecule has 0 heterocycles. The lowest BCUT2D eigenvalue weighted by Crippen LogP contribution is -2.57. The summed E-state index contributed by atoms with van der Waals surface area (Å²) < 4.78 is 0. The van der Waals surface area contributed by atoms with Crippen molar-refractivity contribution in [3.05, 3.63) is 29.3 Å². The Bertz CT molecular complexity index is 626. The highest BCUT2D eigenvalue weighted by atomic mass is 16.1. The van der Waals surface area contributed by atoms with E-state index in [1.165, 1.54) is 24.0 Å². The number of nitrogens with one attached hydrogen (secondary N) is 1. The largest absolute Gasteiger partial charge is 0.399 e. The highest BCUT2D eigenvalue weighted by molar-refractivity contribution is 5.74. The highest BCUT2D eigenvalue weighted by Gasteiger charge is 2.55. The summed E-state index contributed by atoms with van der Waals surface area (Å²) in [6, 6.07) is 6.47. The van der Waals surface area contributed by atoms with E-state index in [2.05, 4.69) is 24.4 Å². The maximum atomic E-state index is 11.7. The Hall–Kier alpha value is -1.51. The third kappa shape index (κ3) is 1.97. The number of benzene rings is 1. The number of hydrogen-bond acceptors (Lipinski definition) is 2. The lowest BCUT2D eigenvalue weighted by atomic mass is 9.55. The third-order valence-corrected chi connectivity index (χ3v) is 5.95. The van der Waals surface area contributed by atoms with E-state index >= 15 is 0 Å². The van der Waals surface area contributed by atoms with Crippen LogP contribution in [0.25, 0.3) is 0 Å². The predicted molar refractivity (Wildman–Crippen MR) is 84.1 cm³/mol. The number of rotatable bonds is 1. The zero-order chi connectivity index (χ0) is 14.8. The monoisotopic (exact) mass is 284 g/mol. The fourth-order valence-corrected chi connectivity index (χ4v) is 5.83. The van der Waals surface area contributed by atoms with Crippen LogP contribution in [0, 0.1) is 5.41 Å². The van der Waals surface area contributed by atoms with Crippen molar-refractivity contribution in [1.82, 2.24) is 5.32 Å². The first kappa shape index (κ1) is 13.2. The average Bonchev–Trinajstić information content (AvgIpc) is 2.47. The second kappa shape index (κ2) is 4.02. The molecular formula is C18H24N2O. The van der Waals surface area contributed by atoms with E-state index in [4.69, 9.17) is 5.73 Å². The summed E-state index contributed by atoms with van der Waals surface area (Å²) >= 11 is 0. The Morgan fingerprint density at radius 1 is 1.19 bits per heavy atom. The lowest BCUT2D eigenvalue weighted by Gasteiger charge is -2.54. The molecule has 3 nitrogen and oxygen atoms in total. The summed E-state index contributed by atoms with van der Waals surface area (Å²) in [6.07, 6.45) is 5.80. The molecule has 4 bridgehead atoms. The molecule has 1 amide bonds. The van der Waals surface area contributed by atoms with E-state index < -0.39 is 0 Å². The Kier molecular flexibility index (Phi) is 2.52. The van der Waals surface area contributed by atoms with Crippen molar-refractivity contribution >= 4 is 11.6 Å². The van der Waals surface area contributed by atoms with Gasteiger partial charge >= 0.3 is 0 Å². The molecule has 4 unspecified atom stereocenters. The number of amides is 1. The van der Waals surface area contributed by atoms with Crippen LogP contribution in [0.15, 0.2) is 18.2 Å². The van der Waals surface area contributed by atoms with Gasteiger partial charge in [-0.05, 0) is 72.6 Å². The zero-order valence-corrected chi connectivity index (χ0v) is 12.9. The zero-order valence-electron chi connectivity index (χ0n) is 12.9. The summed E-state index contributed by atoms with van der Waals surface area (Å²) in [7, 11) is 0. The number of nitrogen functional groups attached to an aromatic ring is 1. The van der Waals surface area contributed by atoms with Gasteiger partial charge in [0.1, 0.15) is 0 Å². The normalized spacial score (nSPS) is 39.7. The van der Waals surface area contributed by atoms with Crippen LogP contribution >= 0.6 is 0 Å². The first-order valence-electron chi connectivity index (χ1n) is 8.06. The summed E-state index contributed by atoms with van der Waals surface area (Å²) in [4.78, 5) is 11.7. The molecule has 0 aromatic heterocycles. The molecule has 3 N–H and O–H groups in total. The summed E-state index contributed by atoms with van der Waals surface area (Å²) in [6.45, 7) is 4.07. The number of hydrogen-bond donors (Lipinski definition) is 2. The Labute approximate surface area is 126 Å². The van der Waals surface area contributed by atoms with E-state index in [9.17, 15) is 4.79 Å². The van der Waals surface area contributed by atoms with Crippen LogP contribution < -0.4 is 11.1 Å². The molecule has 3 heteroatoms.